The van der Waals surface area contributed by atoms with Crippen molar-refractivity contribution in [2.45, 2.75) is 32.1 Å². The standard InChI is InChI=1S/C14H16BrFO2/c15-11-5-6-13(16)10(8-11)7-9-3-1-2-4-12(9)14(17)18/h5-6,8-9,12H,1-4,7H2,(H,17,18). The van der Waals surface area contributed by atoms with Gasteiger partial charge in [0.2, 0.25) is 0 Å². The minimum absolute atomic E-state index is 0.0556. The number of halogens is 2. The number of carboxylic acids is 1. The van der Waals surface area contributed by atoms with Gasteiger partial charge in [0, 0.05) is 4.47 Å². The van der Waals surface area contributed by atoms with E-state index in [-0.39, 0.29) is 17.7 Å². The van der Waals surface area contributed by atoms with Crippen LogP contribution in [0.2, 0.25) is 0 Å². The lowest BCUT2D eigenvalue weighted by Gasteiger charge is -2.28. The van der Waals surface area contributed by atoms with Crippen LogP contribution in [0.1, 0.15) is 31.2 Å². The molecule has 0 bridgehead atoms. The van der Waals surface area contributed by atoms with Gasteiger partial charge in [0.05, 0.1) is 5.92 Å². The van der Waals surface area contributed by atoms with E-state index in [0.717, 1.165) is 30.2 Å². The third-order valence-corrected chi connectivity index (χ3v) is 4.21. The Morgan fingerprint density at radius 2 is 2.11 bits per heavy atom. The molecule has 1 aliphatic carbocycles. The van der Waals surface area contributed by atoms with Gasteiger partial charge < -0.3 is 5.11 Å². The zero-order valence-corrected chi connectivity index (χ0v) is 11.6. The van der Waals surface area contributed by atoms with Crippen LogP contribution >= 0.6 is 15.9 Å². The topological polar surface area (TPSA) is 37.3 Å². The maximum absolute atomic E-state index is 13.7. The third kappa shape index (κ3) is 3.10. The maximum atomic E-state index is 13.7. The van der Waals surface area contributed by atoms with E-state index in [2.05, 4.69) is 15.9 Å². The lowest BCUT2D eigenvalue weighted by molar-refractivity contribution is -0.144. The number of carbonyl (C=O) groups is 1. The molecule has 2 rings (SSSR count). The fraction of sp³-hybridized carbons (Fsp3) is 0.500. The Balaban J connectivity index is 2.15. The minimum Gasteiger partial charge on any atom is -0.481 e. The average Bonchev–Trinajstić information content (AvgIpc) is 2.34. The molecule has 1 N–H and O–H groups in total. The third-order valence-electron chi connectivity index (χ3n) is 3.72. The highest BCUT2D eigenvalue weighted by molar-refractivity contribution is 9.10. The van der Waals surface area contributed by atoms with E-state index in [4.69, 9.17) is 0 Å². The number of benzene rings is 1. The molecule has 0 aromatic heterocycles. The molecular weight excluding hydrogens is 299 g/mol. The van der Waals surface area contributed by atoms with Gasteiger partial charge in [0.25, 0.3) is 0 Å². The van der Waals surface area contributed by atoms with Crippen LogP contribution in [0.5, 0.6) is 0 Å². The molecule has 0 aliphatic heterocycles. The SMILES string of the molecule is O=C(O)C1CCCCC1Cc1cc(Br)ccc1F. The van der Waals surface area contributed by atoms with Gasteiger partial charge in [-0.15, -0.1) is 0 Å². The van der Waals surface area contributed by atoms with Crippen LogP contribution in [0.3, 0.4) is 0 Å². The highest BCUT2D eigenvalue weighted by atomic mass is 79.9. The Hall–Kier alpha value is -0.900. The molecule has 0 saturated heterocycles. The van der Waals surface area contributed by atoms with Crippen LogP contribution < -0.4 is 0 Å². The molecule has 2 unspecified atom stereocenters. The van der Waals surface area contributed by atoms with Crippen molar-refractivity contribution >= 4 is 21.9 Å². The summed E-state index contributed by atoms with van der Waals surface area (Å²) in [6.45, 7) is 0. The predicted molar refractivity (Wildman–Crippen MR) is 70.9 cm³/mol. The first-order valence-electron chi connectivity index (χ1n) is 6.24. The molecule has 1 fully saturated rings. The zero-order chi connectivity index (χ0) is 13.1. The van der Waals surface area contributed by atoms with E-state index in [1.807, 2.05) is 0 Å². The van der Waals surface area contributed by atoms with Gasteiger partial charge >= 0.3 is 5.97 Å². The quantitative estimate of drug-likeness (QED) is 0.914. The van der Waals surface area contributed by atoms with E-state index in [0.29, 0.717) is 12.0 Å². The van der Waals surface area contributed by atoms with Crippen molar-refractivity contribution in [3.05, 3.63) is 34.1 Å². The molecule has 1 aromatic rings. The molecule has 0 heterocycles. The van der Waals surface area contributed by atoms with Crippen molar-refractivity contribution < 1.29 is 14.3 Å². The van der Waals surface area contributed by atoms with Crippen LogP contribution in [0.15, 0.2) is 22.7 Å². The zero-order valence-electron chi connectivity index (χ0n) is 10.0. The Kier molecular flexibility index (Phi) is 4.38. The van der Waals surface area contributed by atoms with E-state index in [1.165, 1.54) is 6.07 Å². The summed E-state index contributed by atoms with van der Waals surface area (Å²) in [5.41, 5.74) is 0.613. The molecule has 18 heavy (non-hydrogen) atoms. The molecule has 2 nitrogen and oxygen atoms in total. The molecule has 0 radical (unpaired) electrons. The van der Waals surface area contributed by atoms with Crippen molar-refractivity contribution in [2.75, 3.05) is 0 Å². The highest BCUT2D eigenvalue weighted by Crippen LogP contribution is 2.33. The summed E-state index contributed by atoms with van der Waals surface area (Å²) < 4.78 is 14.5. The maximum Gasteiger partial charge on any atom is 0.306 e. The van der Waals surface area contributed by atoms with Gasteiger partial charge in [-0.2, -0.15) is 0 Å². The minimum atomic E-state index is -0.741. The Labute approximate surface area is 114 Å². The van der Waals surface area contributed by atoms with Gasteiger partial charge in [-0.25, -0.2) is 4.39 Å². The molecule has 1 saturated carbocycles. The van der Waals surface area contributed by atoms with Gasteiger partial charge in [0.1, 0.15) is 5.82 Å². The summed E-state index contributed by atoms with van der Waals surface area (Å²) >= 11 is 3.32. The van der Waals surface area contributed by atoms with Gasteiger partial charge in [-0.3, -0.25) is 4.79 Å². The summed E-state index contributed by atoms with van der Waals surface area (Å²) in [4.78, 5) is 11.2. The van der Waals surface area contributed by atoms with Crippen molar-refractivity contribution in [3.8, 4) is 0 Å². The van der Waals surface area contributed by atoms with Crippen LogP contribution in [-0.2, 0) is 11.2 Å². The first kappa shape index (κ1) is 13.5. The monoisotopic (exact) mass is 314 g/mol. The highest BCUT2D eigenvalue weighted by Gasteiger charge is 2.31. The number of aliphatic carboxylic acids is 1. The largest absolute Gasteiger partial charge is 0.481 e. The van der Waals surface area contributed by atoms with Gasteiger partial charge in [-0.1, -0.05) is 28.8 Å². The Morgan fingerprint density at radius 1 is 1.39 bits per heavy atom. The summed E-state index contributed by atoms with van der Waals surface area (Å²) in [6.07, 6.45) is 4.12. The Morgan fingerprint density at radius 3 is 2.83 bits per heavy atom. The Bertz CT molecular complexity index is 447. The number of hydrogen-bond acceptors (Lipinski definition) is 1. The summed E-state index contributed by atoms with van der Waals surface area (Å²) in [6, 6.07) is 4.84. The second-order valence-corrected chi connectivity index (χ2v) is 5.84. The lowest BCUT2D eigenvalue weighted by Crippen LogP contribution is -2.28. The molecule has 2 atom stereocenters. The van der Waals surface area contributed by atoms with E-state index in [9.17, 15) is 14.3 Å². The lowest BCUT2D eigenvalue weighted by atomic mass is 9.76. The first-order valence-corrected chi connectivity index (χ1v) is 7.04. The van der Waals surface area contributed by atoms with Crippen LogP contribution in [0.4, 0.5) is 4.39 Å². The summed E-state index contributed by atoms with van der Waals surface area (Å²) in [7, 11) is 0. The van der Waals surface area contributed by atoms with Crippen LogP contribution in [-0.4, -0.2) is 11.1 Å². The van der Waals surface area contributed by atoms with Crippen molar-refractivity contribution in [1.29, 1.82) is 0 Å². The average molecular weight is 315 g/mol. The number of hydrogen-bond donors (Lipinski definition) is 1. The second kappa shape index (κ2) is 5.83. The fourth-order valence-electron chi connectivity index (χ4n) is 2.76. The second-order valence-electron chi connectivity index (χ2n) is 4.93. The van der Waals surface area contributed by atoms with E-state index >= 15 is 0 Å². The van der Waals surface area contributed by atoms with Crippen LogP contribution in [0, 0.1) is 17.7 Å². The van der Waals surface area contributed by atoms with Gasteiger partial charge in [-0.05, 0) is 48.9 Å². The smallest absolute Gasteiger partial charge is 0.306 e. The van der Waals surface area contributed by atoms with Gasteiger partial charge in [0.15, 0.2) is 0 Å². The van der Waals surface area contributed by atoms with E-state index in [1.54, 1.807) is 12.1 Å². The van der Waals surface area contributed by atoms with E-state index < -0.39 is 5.97 Å². The van der Waals surface area contributed by atoms with Crippen molar-refractivity contribution in [1.82, 2.24) is 0 Å². The summed E-state index contributed by atoms with van der Waals surface area (Å²) in [5, 5.41) is 9.21. The normalized spacial score (nSPS) is 23.9. The van der Waals surface area contributed by atoms with Crippen molar-refractivity contribution in [3.63, 3.8) is 0 Å². The molecule has 1 aromatic carbocycles. The molecule has 0 amide bonds. The first-order chi connectivity index (χ1) is 8.58. The molecule has 1 aliphatic rings. The number of carboxylic acid groups (broad SMARTS) is 1. The molecule has 4 heteroatoms. The van der Waals surface area contributed by atoms with Crippen LogP contribution in [0.25, 0.3) is 0 Å². The predicted octanol–water partition coefficient (Wildman–Crippen LogP) is 4.02. The summed E-state index contributed by atoms with van der Waals surface area (Å²) in [5.74, 6) is -1.25. The molecule has 98 valence electrons. The number of rotatable bonds is 3. The molecular formula is C14H16BrFO2. The fourth-order valence-corrected chi connectivity index (χ4v) is 3.17. The molecule has 0 spiro atoms. The van der Waals surface area contributed by atoms with Crippen molar-refractivity contribution in [2.24, 2.45) is 11.8 Å².